The molecular weight excluding hydrogens is 264 g/mol. The maximum atomic E-state index is 11.9. The third kappa shape index (κ3) is 4.11. The lowest BCUT2D eigenvalue weighted by molar-refractivity contribution is 0.0950. The molecule has 1 aliphatic rings. The van der Waals surface area contributed by atoms with E-state index in [-0.39, 0.29) is 11.7 Å². The van der Waals surface area contributed by atoms with E-state index in [2.05, 4.69) is 10.6 Å². The van der Waals surface area contributed by atoms with Crippen molar-refractivity contribution in [3.63, 3.8) is 0 Å². The minimum atomic E-state index is -0.227. The molecule has 0 aliphatic carbocycles. The van der Waals surface area contributed by atoms with Gasteiger partial charge in [-0.05, 0) is 56.5 Å². The lowest BCUT2D eigenvalue weighted by Crippen LogP contribution is -2.31. The number of carbonyl (C=O) groups is 1. The normalized spacial score (nSPS) is 16.3. The molecule has 1 amide bonds. The van der Waals surface area contributed by atoms with E-state index < -0.39 is 0 Å². The average molecular weight is 283 g/mol. The number of aromatic hydroxyl groups is 1. The number of carbonyl (C=O) groups excluding carboxylic acids is 1. The van der Waals surface area contributed by atoms with E-state index in [4.69, 9.17) is 11.6 Å². The van der Waals surface area contributed by atoms with Crippen LogP contribution >= 0.6 is 11.6 Å². The highest BCUT2D eigenvalue weighted by atomic mass is 35.5. The summed E-state index contributed by atoms with van der Waals surface area (Å²) in [5, 5.41) is 15.9. The molecule has 1 heterocycles. The Kier molecular flexibility index (Phi) is 5.05. The fourth-order valence-electron chi connectivity index (χ4n) is 2.34. The summed E-state index contributed by atoms with van der Waals surface area (Å²) < 4.78 is 0. The maximum absolute atomic E-state index is 11.9. The highest BCUT2D eigenvalue weighted by Gasteiger charge is 2.14. The van der Waals surface area contributed by atoms with Crippen LogP contribution in [0.25, 0.3) is 0 Å². The summed E-state index contributed by atoms with van der Waals surface area (Å²) in [5.74, 6) is 0.504. The number of phenolic OH excluding ortho intramolecular Hbond substituents is 1. The summed E-state index contributed by atoms with van der Waals surface area (Å²) in [6.45, 7) is 2.78. The van der Waals surface area contributed by atoms with Gasteiger partial charge in [0.2, 0.25) is 0 Å². The molecule has 0 radical (unpaired) electrons. The number of amides is 1. The third-order valence-electron chi connectivity index (χ3n) is 3.49. The van der Waals surface area contributed by atoms with Crippen molar-refractivity contribution in [3.8, 4) is 5.75 Å². The Hall–Kier alpha value is -1.26. The summed E-state index contributed by atoms with van der Waals surface area (Å²) in [6.07, 6.45) is 3.33. The Morgan fingerprint density at radius 2 is 2.16 bits per heavy atom. The molecule has 0 spiro atoms. The Bertz CT molecular complexity index is 445. The Morgan fingerprint density at radius 3 is 2.89 bits per heavy atom. The number of phenols is 1. The summed E-state index contributed by atoms with van der Waals surface area (Å²) >= 11 is 5.94. The Labute approximate surface area is 118 Å². The van der Waals surface area contributed by atoms with Crippen LogP contribution in [-0.4, -0.2) is 30.6 Å². The summed E-state index contributed by atoms with van der Waals surface area (Å²) in [4.78, 5) is 11.9. The van der Waals surface area contributed by atoms with Gasteiger partial charge < -0.3 is 15.7 Å². The molecule has 19 heavy (non-hydrogen) atoms. The topological polar surface area (TPSA) is 61.4 Å². The second-order valence-electron chi connectivity index (χ2n) is 4.90. The Morgan fingerprint density at radius 1 is 1.42 bits per heavy atom. The van der Waals surface area contributed by atoms with Gasteiger partial charge in [-0.2, -0.15) is 0 Å². The molecule has 4 nitrogen and oxygen atoms in total. The van der Waals surface area contributed by atoms with Crippen LogP contribution in [0.5, 0.6) is 5.75 Å². The fourth-order valence-corrected chi connectivity index (χ4v) is 2.55. The van der Waals surface area contributed by atoms with Crippen LogP contribution < -0.4 is 10.6 Å². The van der Waals surface area contributed by atoms with Crippen LogP contribution in [0.2, 0.25) is 5.02 Å². The quantitative estimate of drug-likeness (QED) is 0.793. The third-order valence-corrected chi connectivity index (χ3v) is 3.82. The van der Waals surface area contributed by atoms with Crippen LogP contribution in [0, 0.1) is 5.92 Å². The van der Waals surface area contributed by atoms with Gasteiger partial charge in [0.05, 0.1) is 10.6 Å². The molecule has 1 aromatic rings. The van der Waals surface area contributed by atoms with Crippen LogP contribution in [0.15, 0.2) is 18.2 Å². The minimum absolute atomic E-state index is 0.0490. The van der Waals surface area contributed by atoms with Gasteiger partial charge in [0.15, 0.2) is 0 Å². The zero-order valence-corrected chi connectivity index (χ0v) is 11.5. The summed E-state index contributed by atoms with van der Waals surface area (Å²) in [7, 11) is 0. The van der Waals surface area contributed by atoms with Crippen molar-refractivity contribution in [2.45, 2.75) is 19.3 Å². The molecule has 1 fully saturated rings. The highest BCUT2D eigenvalue weighted by Crippen LogP contribution is 2.21. The molecule has 0 atom stereocenters. The summed E-state index contributed by atoms with van der Waals surface area (Å²) in [5.41, 5.74) is 0.326. The molecule has 2 rings (SSSR count). The highest BCUT2D eigenvalue weighted by molar-refractivity contribution is 6.33. The van der Waals surface area contributed by atoms with Crippen molar-refractivity contribution in [3.05, 3.63) is 28.8 Å². The van der Waals surface area contributed by atoms with E-state index in [1.807, 2.05) is 0 Å². The predicted molar refractivity (Wildman–Crippen MR) is 75.7 cm³/mol. The first-order valence-electron chi connectivity index (χ1n) is 6.64. The lowest BCUT2D eigenvalue weighted by atomic mass is 9.95. The SMILES string of the molecule is O=C(NCCC1CCNCC1)c1cc(O)ccc1Cl. The van der Waals surface area contributed by atoms with Gasteiger partial charge in [-0.15, -0.1) is 0 Å². The van der Waals surface area contributed by atoms with Gasteiger partial charge >= 0.3 is 0 Å². The molecule has 5 heteroatoms. The van der Waals surface area contributed by atoms with E-state index in [1.54, 1.807) is 0 Å². The van der Waals surface area contributed by atoms with Crippen molar-refractivity contribution in [2.24, 2.45) is 5.92 Å². The van der Waals surface area contributed by atoms with Gasteiger partial charge in [-0.3, -0.25) is 4.79 Å². The first kappa shape index (κ1) is 14.2. The van der Waals surface area contributed by atoms with E-state index in [1.165, 1.54) is 31.0 Å². The van der Waals surface area contributed by atoms with Crippen LogP contribution in [0.1, 0.15) is 29.6 Å². The predicted octanol–water partition coefficient (Wildman–Crippen LogP) is 2.17. The average Bonchev–Trinajstić information content (AvgIpc) is 2.42. The molecule has 1 aliphatic heterocycles. The summed E-state index contributed by atoms with van der Waals surface area (Å²) in [6, 6.07) is 4.38. The first-order chi connectivity index (χ1) is 9.16. The zero-order valence-electron chi connectivity index (χ0n) is 10.8. The molecule has 3 N–H and O–H groups in total. The van der Waals surface area contributed by atoms with Crippen molar-refractivity contribution in [2.75, 3.05) is 19.6 Å². The van der Waals surface area contributed by atoms with Crippen molar-refractivity contribution >= 4 is 17.5 Å². The van der Waals surface area contributed by atoms with E-state index >= 15 is 0 Å². The molecular formula is C14H19ClN2O2. The largest absolute Gasteiger partial charge is 0.508 e. The van der Waals surface area contributed by atoms with Crippen molar-refractivity contribution in [1.29, 1.82) is 0 Å². The number of nitrogens with one attached hydrogen (secondary N) is 2. The van der Waals surface area contributed by atoms with Gasteiger partial charge in [-0.25, -0.2) is 0 Å². The first-order valence-corrected chi connectivity index (χ1v) is 7.02. The van der Waals surface area contributed by atoms with Crippen LogP contribution in [0.4, 0.5) is 0 Å². The molecule has 0 aromatic heterocycles. The number of benzene rings is 1. The molecule has 0 unspecified atom stereocenters. The smallest absolute Gasteiger partial charge is 0.252 e. The number of rotatable bonds is 4. The zero-order chi connectivity index (χ0) is 13.7. The second-order valence-corrected chi connectivity index (χ2v) is 5.31. The van der Waals surface area contributed by atoms with E-state index in [9.17, 15) is 9.90 Å². The fraction of sp³-hybridized carbons (Fsp3) is 0.500. The molecule has 0 bridgehead atoms. The van der Waals surface area contributed by atoms with E-state index in [0.29, 0.717) is 23.0 Å². The van der Waals surface area contributed by atoms with Crippen molar-refractivity contribution < 1.29 is 9.90 Å². The Balaban J connectivity index is 1.82. The van der Waals surface area contributed by atoms with Gasteiger partial charge in [-0.1, -0.05) is 11.6 Å². The van der Waals surface area contributed by atoms with Crippen molar-refractivity contribution in [1.82, 2.24) is 10.6 Å². The van der Waals surface area contributed by atoms with E-state index in [0.717, 1.165) is 19.5 Å². The van der Waals surface area contributed by atoms with Gasteiger partial charge in [0.25, 0.3) is 5.91 Å². The number of piperidine rings is 1. The molecule has 0 saturated carbocycles. The van der Waals surface area contributed by atoms with Gasteiger partial charge in [0.1, 0.15) is 5.75 Å². The monoisotopic (exact) mass is 282 g/mol. The number of hydrogen-bond acceptors (Lipinski definition) is 3. The number of halogens is 1. The van der Waals surface area contributed by atoms with Gasteiger partial charge in [0, 0.05) is 6.54 Å². The molecule has 1 aromatic carbocycles. The second kappa shape index (κ2) is 6.78. The standard InChI is InChI=1S/C14H19ClN2O2/c15-13-2-1-11(18)9-12(13)14(19)17-8-5-10-3-6-16-7-4-10/h1-2,9-10,16,18H,3-8H2,(H,17,19). The number of hydrogen-bond donors (Lipinski definition) is 3. The van der Waals surface area contributed by atoms with Crippen LogP contribution in [0.3, 0.4) is 0 Å². The lowest BCUT2D eigenvalue weighted by Gasteiger charge is -2.22. The molecule has 1 saturated heterocycles. The minimum Gasteiger partial charge on any atom is -0.508 e. The maximum Gasteiger partial charge on any atom is 0.252 e. The van der Waals surface area contributed by atoms with Crippen LogP contribution in [-0.2, 0) is 0 Å². The molecule has 104 valence electrons.